The molecule has 0 radical (unpaired) electrons. The summed E-state index contributed by atoms with van der Waals surface area (Å²) in [6.45, 7) is 2.31. The normalized spacial score (nSPS) is 29.3. The molecule has 2 N–H and O–H groups in total. The van der Waals surface area contributed by atoms with Crippen LogP contribution >= 0.6 is 0 Å². The lowest BCUT2D eigenvalue weighted by Crippen LogP contribution is -2.34. The number of phenols is 2. The Balaban J connectivity index is 1.77. The van der Waals surface area contributed by atoms with Crippen molar-refractivity contribution in [3.05, 3.63) is 53.6 Å². The predicted molar refractivity (Wildman–Crippen MR) is 88.8 cm³/mol. The Morgan fingerprint density at radius 3 is 2.48 bits per heavy atom. The van der Waals surface area contributed by atoms with E-state index >= 15 is 0 Å². The van der Waals surface area contributed by atoms with E-state index in [1.165, 1.54) is 6.42 Å². The lowest BCUT2D eigenvalue weighted by Gasteiger charge is -2.44. The molecule has 2 aromatic rings. The molecule has 0 bridgehead atoms. The molecule has 0 amide bonds. The first-order valence-electron chi connectivity index (χ1n) is 8.40. The van der Waals surface area contributed by atoms with E-state index in [1.54, 1.807) is 18.2 Å². The monoisotopic (exact) mass is 310 g/mol. The predicted octanol–water partition coefficient (Wildman–Crippen LogP) is 4.75. The van der Waals surface area contributed by atoms with Crippen LogP contribution in [-0.4, -0.2) is 10.2 Å². The second-order valence-corrected chi connectivity index (χ2v) is 7.04. The van der Waals surface area contributed by atoms with Gasteiger partial charge in [-0.3, -0.25) is 0 Å². The summed E-state index contributed by atoms with van der Waals surface area (Å²) in [5.41, 5.74) is 2.27. The van der Waals surface area contributed by atoms with Gasteiger partial charge in [0.05, 0.1) is 0 Å². The maximum Gasteiger partial charge on any atom is 0.127 e. The summed E-state index contributed by atoms with van der Waals surface area (Å²) in [7, 11) is 0. The number of ether oxygens (including phenoxy) is 1. The third kappa shape index (κ3) is 2.54. The van der Waals surface area contributed by atoms with Crippen LogP contribution in [0.2, 0.25) is 0 Å². The molecule has 4 atom stereocenters. The van der Waals surface area contributed by atoms with Gasteiger partial charge in [0.1, 0.15) is 23.4 Å². The fraction of sp³-hybridized carbons (Fsp3) is 0.400. The second kappa shape index (κ2) is 5.48. The molecule has 23 heavy (non-hydrogen) atoms. The molecule has 2 aromatic carbocycles. The Kier molecular flexibility index (Phi) is 3.44. The molecule has 0 spiro atoms. The van der Waals surface area contributed by atoms with Gasteiger partial charge >= 0.3 is 0 Å². The quantitative estimate of drug-likeness (QED) is 0.799. The zero-order valence-corrected chi connectivity index (χ0v) is 13.3. The van der Waals surface area contributed by atoms with Crippen molar-refractivity contribution in [2.24, 2.45) is 11.8 Å². The first kappa shape index (κ1) is 14.4. The summed E-state index contributed by atoms with van der Waals surface area (Å²) in [6, 6.07) is 12.8. The zero-order valence-electron chi connectivity index (χ0n) is 13.3. The van der Waals surface area contributed by atoms with Crippen molar-refractivity contribution in [1.29, 1.82) is 0 Å². The van der Waals surface area contributed by atoms with E-state index in [4.69, 9.17) is 4.74 Å². The van der Waals surface area contributed by atoms with Crippen LogP contribution in [0.4, 0.5) is 0 Å². The highest BCUT2D eigenvalue weighted by Gasteiger charge is 2.42. The van der Waals surface area contributed by atoms with Gasteiger partial charge in [-0.15, -0.1) is 0 Å². The summed E-state index contributed by atoms with van der Waals surface area (Å²) < 4.78 is 6.32. The molecule has 0 unspecified atom stereocenters. The molecule has 1 aliphatic heterocycles. The Bertz CT molecular complexity index is 707. The van der Waals surface area contributed by atoms with Gasteiger partial charge in [-0.2, -0.15) is 0 Å². The van der Waals surface area contributed by atoms with Crippen LogP contribution in [0.25, 0.3) is 0 Å². The van der Waals surface area contributed by atoms with E-state index in [1.807, 2.05) is 24.3 Å². The summed E-state index contributed by atoms with van der Waals surface area (Å²) in [4.78, 5) is 0. The van der Waals surface area contributed by atoms with E-state index in [0.29, 0.717) is 23.5 Å². The van der Waals surface area contributed by atoms with Crippen LogP contribution in [0.5, 0.6) is 17.2 Å². The number of benzene rings is 2. The summed E-state index contributed by atoms with van der Waals surface area (Å²) in [5.74, 6) is 3.02. The third-order valence-electron chi connectivity index (χ3n) is 5.42. The fourth-order valence-corrected chi connectivity index (χ4v) is 4.26. The maximum atomic E-state index is 9.87. The molecular formula is C20H22O3. The molecule has 4 rings (SSSR count). The first-order valence-corrected chi connectivity index (χ1v) is 8.40. The lowest BCUT2D eigenvalue weighted by atomic mass is 9.67. The van der Waals surface area contributed by atoms with Gasteiger partial charge in [0.15, 0.2) is 0 Å². The van der Waals surface area contributed by atoms with Crippen molar-refractivity contribution < 1.29 is 14.9 Å². The first-order chi connectivity index (χ1) is 11.1. The molecule has 3 nitrogen and oxygen atoms in total. The van der Waals surface area contributed by atoms with Gasteiger partial charge in [0.2, 0.25) is 0 Å². The molecule has 1 saturated carbocycles. The van der Waals surface area contributed by atoms with Crippen LogP contribution in [0.15, 0.2) is 42.5 Å². The number of hydrogen-bond donors (Lipinski definition) is 2. The fourth-order valence-electron chi connectivity index (χ4n) is 4.26. The number of phenolic OH excluding ortho intramolecular Hbond substituents is 2. The number of hydrogen-bond acceptors (Lipinski definition) is 3. The van der Waals surface area contributed by atoms with E-state index < -0.39 is 0 Å². The van der Waals surface area contributed by atoms with Gasteiger partial charge in [-0.05, 0) is 60.6 Å². The standard InChI is InChI=1S/C20H22O3/c1-12-2-8-16-17(10-12)18-11-15(22)7-9-19(18)23-20(16)13-3-5-14(21)6-4-13/h3-7,9,11-12,16-17,20-22H,2,8,10H2,1H3/t12-,16-,17+,20-/m1/s1. The van der Waals surface area contributed by atoms with Gasteiger partial charge in [0, 0.05) is 11.5 Å². The van der Waals surface area contributed by atoms with Crippen molar-refractivity contribution in [1.82, 2.24) is 0 Å². The average molecular weight is 310 g/mol. The summed E-state index contributed by atoms with van der Waals surface area (Å²) in [5, 5.41) is 19.4. The van der Waals surface area contributed by atoms with Crippen LogP contribution in [0.1, 0.15) is 49.3 Å². The lowest BCUT2D eigenvalue weighted by molar-refractivity contribution is 0.0561. The highest BCUT2D eigenvalue weighted by atomic mass is 16.5. The Morgan fingerprint density at radius 1 is 0.957 bits per heavy atom. The molecule has 0 aromatic heterocycles. The Labute approximate surface area is 136 Å². The second-order valence-electron chi connectivity index (χ2n) is 7.04. The largest absolute Gasteiger partial charge is 0.508 e. The van der Waals surface area contributed by atoms with E-state index in [2.05, 4.69) is 6.92 Å². The van der Waals surface area contributed by atoms with Crippen LogP contribution in [0, 0.1) is 11.8 Å². The van der Waals surface area contributed by atoms with Crippen molar-refractivity contribution in [2.75, 3.05) is 0 Å². The molecule has 1 aliphatic carbocycles. The minimum Gasteiger partial charge on any atom is -0.508 e. The molecule has 0 saturated heterocycles. The van der Waals surface area contributed by atoms with Crippen molar-refractivity contribution >= 4 is 0 Å². The van der Waals surface area contributed by atoms with Crippen molar-refractivity contribution in [3.8, 4) is 17.2 Å². The SMILES string of the molecule is C[C@@H]1CC[C@@H]2[C@H](C1)c1cc(O)ccc1O[C@@H]2c1ccc(O)cc1. The molecule has 120 valence electrons. The van der Waals surface area contributed by atoms with Gasteiger partial charge in [-0.1, -0.05) is 25.5 Å². The molecule has 2 aliphatic rings. The molecule has 1 fully saturated rings. The van der Waals surface area contributed by atoms with Gasteiger partial charge in [0.25, 0.3) is 0 Å². The number of rotatable bonds is 1. The smallest absolute Gasteiger partial charge is 0.127 e. The highest BCUT2D eigenvalue weighted by molar-refractivity contribution is 5.45. The topological polar surface area (TPSA) is 49.7 Å². The third-order valence-corrected chi connectivity index (χ3v) is 5.42. The Hall–Kier alpha value is -2.16. The molecular weight excluding hydrogens is 288 g/mol. The van der Waals surface area contributed by atoms with Crippen molar-refractivity contribution in [2.45, 2.75) is 38.2 Å². The minimum atomic E-state index is 0.0187. The maximum absolute atomic E-state index is 9.87. The van der Waals surface area contributed by atoms with Crippen LogP contribution < -0.4 is 4.74 Å². The van der Waals surface area contributed by atoms with Gasteiger partial charge < -0.3 is 14.9 Å². The molecule has 3 heteroatoms. The number of fused-ring (bicyclic) bond motifs is 3. The van der Waals surface area contributed by atoms with Crippen LogP contribution in [0.3, 0.4) is 0 Å². The summed E-state index contributed by atoms with van der Waals surface area (Å²) >= 11 is 0. The van der Waals surface area contributed by atoms with E-state index in [-0.39, 0.29) is 11.9 Å². The minimum absolute atomic E-state index is 0.0187. The Morgan fingerprint density at radius 2 is 1.70 bits per heavy atom. The summed E-state index contributed by atoms with van der Waals surface area (Å²) in [6.07, 6.45) is 3.50. The zero-order chi connectivity index (χ0) is 16.0. The van der Waals surface area contributed by atoms with Crippen molar-refractivity contribution in [3.63, 3.8) is 0 Å². The average Bonchev–Trinajstić information content (AvgIpc) is 2.55. The number of aromatic hydroxyl groups is 2. The van der Waals surface area contributed by atoms with E-state index in [0.717, 1.165) is 29.7 Å². The van der Waals surface area contributed by atoms with Crippen LogP contribution in [-0.2, 0) is 0 Å². The molecule has 1 heterocycles. The highest BCUT2D eigenvalue weighted by Crippen LogP contribution is 2.54. The van der Waals surface area contributed by atoms with Gasteiger partial charge in [-0.25, -0.2) is 0 Å². The van der Waals surface area contributed by atoms with E-state index in [9.17, 15) is 10.2 Å².